The van der Waals surface area contributed by atoms with Crippen molar-refractivity contribution in [2.24, 2.45) is 0 Å². The molecule has 210 valence electrons. The number of halogens is 5. The van der Waals surface area contributed by atoms with Crippen LogP contribution in [0.3, 0.4) is 0 Å². The van der Waals surface area contributed by atoms with Gasteiger partial charge in [0.2, 0.25) is 0 Å². The van der Waals surface area contributed by atoms with Crippen LogP contribution >= 0.6 is 11.6 Å². The van der Waals surface area contributed by atoms with Crippen LogP contribution in [-0.2, 0) is 12.0 Å². The number of benzene rings is 3. The van der Waals surface area contributed by atoms with E-state index in [2.05, 4.69) is 15.0 Å². The van der Waals surface area contributed by atoms with Crippen LogP contribution in [0, 0.1) is 11.3 Å². The number of rotatable bonds is 10. The zero-order valence-corrected chi connectivity index (χ0v) is 22.1. The fourth-order valence-corrected chi connectivity index (χ4v) is 4.40. The van der Waals surface area contributed by atoms with Crippen molar-refractivity contribution < 1.29 is 27.1 Å². The van der Waals surface area contributed by atoms with E-state index in [0.717, 1.165) is 17.7 Å². The van der Waals surface area contributed by atoms with Gasteiger partial charge in [-0.05, 0) is 47.5 Å². The van der Waals surface area contributed by atoms with Crippen molar-refractivity contribution in [3.05, 3.63) is 125 Å². The molecular weight excluding hydrogens is 560 g/mol. The molecule has 1 heterocycles. The van der Waals surface area contributed by atoms with Gasteiger partial charge in [-0.1, -0.05) is 72.3 Å². The van der Waals surface area contributed by atoms with Crippen LogP contribution < -0.4 is 15.0 Å². The number of nitrogens with zero attached hydrogens (tertiary/aromatic N) is 3. The van der Waals surface area contributed by atoms with Crippen LogP contribution in [0.2, 0.25) is 5.02 Å². The molecule has 0 fully saturated rings. The maximum absolute atomic E-state index is 13.9. The molecule has 1 aromatic heterocycles. The second kappa shape index (κ2) is 12.7. The number of alkyl halides is 4. The molecule has 0 radical (unpaired) electrons. The van der Waals surface area contributed by atoms with Gasteiger partial charge in [0.05, 0.1) is 16.8 Å². The molecule has 4 rings (SSSR count). The van der Waals surface area contributed by atoms with Gasteiger partial charge in [-0.15, -0.1) is 0 Å². The van der Waals surface area contributed by atoms with Crippen LogP contribution in [0.4, 0.5) is 28.0 Å². The number of aromatic nitrogens is 1. The molecule has 0 spiro atoms. The van der Waals surface area contributed by atoms with Crippen molar-refractivity contribution in [1.29, 1.82) is 5.26 Å². The molecule has 3 aromatic carbocycles. The van der Waals surface area contributed by atoms with Crippen molar-refractivity contribution in [3.63, 3.8) is 0 Å². The number of hydrogen-bond donors (Lipinski definition) is 1. The van der Waals surface area contributed by atoms with Gasteiger partial charge < -0.3 is 10.1 Å². The molecule has 6 nitrogen and oxygen atoms in total. The zero-order valence-electron chi connectivity index (χ0n) is 21.4. The second-order valence-electron chi connectivity index (χ2n) is 8.93. The average Bonchev–Trinajstić information content (AvgIpc) is 2.96. The summed E-state index contributed by atoms with van der Waals surface area (Å²) in [6.45, 7) is -0.310. The highest BCUT2D eigenvalue weighted by atomic mass is 35.5. The highest BCUT2D eigenvalue weighted by Crippen LogP contribution is 2.37. The van der Waals surface area contributed by atoms with Crippen molar-refractivity contribution in [1.82, 2.24) is 10.3 Å². The number of ether oxygens (including phenoxy) is 1. The minimum absolute atomic E-state index is 0.0537. The Labute approximate surface area is 238 Å². The maximum atomic E-state index is 13.9. The first-order valence-electron chi connectivity index (χ1n) is 12.3. The van der Waals surface area contributed by atoms with Crippen LogP contribution in [0.1, 0.15) is 16.8 Å². The molecule has 41 heavy (non-hydrogen) atoms. The molecule has 1 unspecified atom stereocenters. The number of carbonyl (C=O) groups excluding carboxylic acids is 1. The van der Waals surface area contributed by atoms with Crippen molar-refractivity contribution in [2.75, 3.05) is 11.4 Å². The molecule has 0 saturated carbocycles. The predicted octanol–water partition coefficient (Wildman–Crippen LogP) is 7.20. The number of hydrogen-bond acceptors (Lipinski definition) is 4. The largest absolute Gasteiger partial charge is 0.461 e. The molecule has 1 N–H and O–H groups in total. The Bertz CT molecular complexity index is 1500. The summed E-state index contributed by atoms with van der Waals surface area (Å²) in [4.78, 5) is 19.6. The minimum atomic E-state index is -4.75. The Kier molecular flexibility index (Phi) is 9.10. The van der Waals surface area contributed by atoms with Crippen molar-refractivity contribution >= 4 is 23.3 Å². The van der Waals surface area contributed by atoms with Crippen LogP contribution in [0.25, 0.3) is 0 Å². The fourth-order valence-electron chi connectivity index (χ4n) is 4.29. The van der Waals surface area contributed by atoms with Gasteiger partial charge in [0.25, 0.3) is 0 Å². The summed E-state index contributed by atoms with van der Waals surface area (Å²) in [5.74, 6) is -0.551. The van der Waals surface area contributed by atoms with E-state index < -0.39 is 29.9 Å². The Morgan fingerprint density at radius 2 is 1.68 bits per heavy atom. The lowest BCUT2D eigenvalue weighted by Gasteiger charge is -2.37. The SMILES string of the molecule is N#CCN(C(=O)NC(Cc1ccccc1)(c1cccc(OC(F)(F)C(F)F)c1)c1ccc(Cl)cn1)c1ccccc1. The lowest BCUT2D eigenvalue weighted by atomic mass is 9.80. The predicted molar refractivity (Wildman–Crippen MR) is 146 cm³/mol. The number of pyridine rings is 1. The van der Waals surface area contributed by atoms with E-state index in [1.54, 1.807) is 72.8 Å². The maximum Gasteiger partial charge on any atom is 0.461 e. The fraction of sp³-hybridized carbons (Fsp3) is 0.167. The van der Waals surface area contributed by atoms with E-state index in [0.29, 0.717) is 10.7 Å². The third-order valence-electron chi connectivity index (χ3n) is 6.17. The smallest absolute Gasteiger partial charge is 0.428 e. The molecule has 0 aliphatic carbocycles. The van der Waals surface area contributed by atoms with E-state index in [9.17, 15) is 27.6 Å². The molecule has 0 bridgehead atoms. The molecule has 0 saturated heterocycles. The molecule has 11 heteroatoms. The van der Waals surface area contributed by atoms with E-state index in [1.807, 2.05) is 6.07 Å². The number of carbonyl (C=O) groups is 1. The van der Waals surface area contributed by atoms with Crippen LogP contribution in [-0.4, -0.2) is 30.1 Å². The topological polar surface area (TPSA) is 78.2 Å². The van der Waals surface area contributed by atoms with Crippen molar-refractivity contribution in [3.8, 4) is 11.8 Å². The molecule has 4 aromatic rings. The summed E-state index contributed by atoms with van der Waals surface area (Å²) in [5.41, 5.74) is 0.0578. The normalized spacial score (nSPS) is 12.7. The first kappa shape index (κ1) is 29.4. The number of urea groups is 1. The Hall–Kier alpha value is -4.62. The van der Waals surface area contributed by atoms with E-state index >= 15 is 0 Å². The van der Waals surface area contributed by atoms with Gasteiger partial charge in [0.15, 0.2) is 0 Å². The number of nitrogens with one attached hydrogen (secondary N) is 1. The number of amides is 2. The Balaban J connectivity index is 1.90. The summed E-state index contributed by atoms with van der Waals surface area (Å²) < 4.78 is 57.9. The molecule has 0 aliphatic heterocycles. The third-order valence-corrected chi connectivity index (χ3v) is 6.40. The van der Waals surface area contributed by atoms with Crippen LogP contribution in [0.5, 0.6) is 5.75 Å². The number of para-hydroxylation sites is 1. The van der Waals surface area contributed by atoms with Gasteiger partial charge in [-0.25, -0.2) is 4.79 Å². The lowest BCUT2D eigenvalue weighted by molar-refractivity contribution is -0.253. The summed E-state index contributed by atoms with van der Waals surface area (Å²) in [6, 6.07) is 26.9. The summed E-state index contributed by atoms with van der Waals surface area (Å²) >= 11 is 6.10. The number of nitriles is 1. The first-order chi connectivity index (χ1) is 19.6. The van der Waals surface area contributed by atoms with Gasteiger partial charge in [-0.2, -0.15) is 22.8 Å². The molecule has 0 aliphatic rings. The molecule has 1 atom stereocenters. The van der Waals surface area contributed by atoms with Gasteiger partial charge in [-0.3, -0.25) is 9.88 Å². The van der Waals surface area contributed by atoms with Gasteiger partial charge in [0.1, 0.15) is 17.8 Å². The summed E-state index contributed by atoms with van der Waals surface area (Å²) in [6.07, 6.45) is -7.40. The third kappa shape index (κ3) is 6.94. The Morgan fingerprint density at radius 3 is 2.29 bits per heavy atom. The van der Waals surface area contributed by atoms with Gasteiger partial charge >= 0.3 is 18.6 Å². The van der Waals surface area contributed by atoms with Gasteiger partial charge in [0, 0.05) is 18.3 Å². The van der Waals surface area contributed by atoms with E-state index in [4.69, 9.17) is 11.6 Å². The summed E-state index contributed by atoms with van der Waals surface area (Å²) in [7, 11) is 0. The highest BCUT2D eigenvalue weighted by Gasteiger charge is 2.45. The van der Waals surface area contributed by atoms with Crippen LogP contribution in [0.15, 0.2) is 103 Å². The molecule has 2 amide bonds. The average molecular weight is 583 g/mol. The monoisotopic (exact) mass is 582 g/mol. The van der Waals surface area contributed by atoms with E-state index in [1.165, 1.54) is 23.2 Å². The standard InChI is InChI=1S/C30H23ClF4N4O2/c31-23-14-15-26(37-20-23)29(19-21-8-3-1-4-9-21,22-10-7-13-25(18-22)41-30(34,35)27(32)33)38-28(40)39(17-16-36)24-11-5-2-6-12-24/h1-15,18,20,27H,17,19H2,(H,38,40). The number of anilines is 1. The quantitative estimate of drug-likeness (QED) is 0.158. The second-order valence-corrected chi connectivity index (χ2v) is 9.37. The summed E-state index contributed by atoms with van der Waals surface area (Å²) in [5, 5.41) is 12.8. The van der Waals surface area contributed by atoms with E-state index in [-0.39, 0.29) is 24.2 Å². The zero-order chi connectivity index (χ0) is 29.5. The highest BCUT2D eigenvalue weighted by molar-refractivity contribution is 6.30. The van der Waals surface area contributed by atoms with Crippen molar-refractivity contribution in [2.45, 2.75) is 24.5 Å². The Morgan fingerprint density at radius 1 is 1.00 bits per heavy atom. The first-order valence-corrected chi connectivity index (χ1v) is 12.7. The molecular formula is C30H23ClF4N4O2. The minimum Gasteiger partial charge on any atom is -0.428 e. The lowest BCUT2D eigenvalue weighted by Crippen LogP contribution is -2.54.